The SMILES string of the molecule is COc1ccccc1C(N)CS(=O)C1CCCC(C)C1. The van der Waals surface area contributed by atoms with E-state index in [1.54, 1.807) is 7.11 Å². The molecule has 1 fully saturated rings. The Labute approximate surface area is 124 Å². The summed E-state index contributed by atoms with van der Waals surface area (Å²) in [7, 11) is 0.796. The van der Waals surface area contributed by atoms with Crippen molar-refractivity contribution < 1.29 is 8.95 Å². The van der Waals surface area contributed by atoms with Crippen molar-refractivity contribution in [3.8, 4) is 5.75 Å². The van der Waals surface area contributed by atoms with Gasteiger partial charge in [-0.25, -0.2) is 0 Å². The third-order valence-electron chi connectivity index (χ3n) is 4.14. The van der Waals surface area contributed by atoms with Gasteiger partial charge in [-0.2, -0.15) is 0 Å². The van der Waals surface area contributed by atoms with Crippen LogP contribution in [-0.2, 0) is 10.8 Å². The molecule has 0 aromatic heterocycles. The highest BCUT2D eigenvalue weighted by atomic mass is 32.2. The van der Waals surface area contributed by atoms with Gasteiger partial charge in [0, 0.05) is 33.4 Å². The summed E-state index contributed by atoms with van der Waals surface area (Å²) in [4.78, 5) is 0. The van der Waals surface area contributed by atoms with E-state index >= 15 is 0 Å². The number of ether oxygens (including phenoxy) is 1. The maximum absolute atomic E-state index is 12.5. The topological polar surface area (TPSA) is 52.3 Å². The second kappa shape index (κ2) is 7.23. The average molecular weight is 295 g/mol. The van der Waals surface area contributed by atoms with Crippen molar-refractivity contribution in [1.82, 2.24) is 0 Å². The highest BCUT2D eigenvalue weighted by molar-refractivity contribution is 7.85. The molecule has 0 heterocycles. The van der Waals surface area contributed by atoms with Crippen LogP contribution in [0.25, 0.3) is 0 Å². The molecule has 1 aliphatic carbocycles. The summed E-state index contributed by atoms with van der Waals surface area (Å²) >= 11 is 0. The Morgan fingerprint density at radius 3 is 2.85 bits per heavy atom. The third kappa shape index (κ3) is 3.83. The van der Waals surface area contributed by atoms with Crippen LogP contribution in [0.3, 0.4) is 0 Å². The van der Waals surface area contributed by atoms with Crippen LogP contribution in [0.1, 0.15) is 44.2 Å². The molecule has 0 spiro atoms. The van der Waals surface area contributed by atoms with Crippen LogP contribution in [0.4, 0.5) is 0 Å². The van der Waals surface area contributed by atoms with Gasteiger partial charge in [0.05, 0.1) is 7.11 Å². The number of hydrogen-bond acceptors (Lipinski definition) is 3. The maximum atomic E-state index is 12.5. The van der Waals surface area contributed by atoms with Gasteiger partial charge in [0.15, 0.2) is 0 Å². The Kier molecular flexibility index (Phi) is 5.61. The zero-order valence-corrected chi connectivity index (χ0v) is 13.2. The van der Waals surface area contributed by atoms with Crippen molar-refractivity contribution in [3.05, 3.63) is 29.8 Å². The van der Waals surface area contributed by atoms with Crippen LogP contribution in [0.5, 0.6) is 5.75 Å². The molecular formula is C16H25NO2S. The van der Waals surface area contributed by atoms with Gasteiger partial charge in [-0.3, -0.25) is 4.21 Å². The summed E-state index contributed by atoms with van der Waals surface area (Å²) < 4.78 is 17.8. The summed E-state index contributed by atoms with van der Waals surface area (Å²) in [6, 6.07) is 7.52. The molecule has 0 aliphatic heterocycles. The van der Waals surface area contributed by atoms with Gasteiger partial charge in [0.2, 0.25) is 0 Å². The predicted octanol–water partition coefficient (Wildman–Crippen LogP) is 3.02. The largest absolute Gasteiger partial charge is 0.496 e. The molecule has 0 amide bonds. The van der Waals surface area contributed by atoms with E-state index in [1.807, 2.05) is 24.3 Å². The number of rotatable bonds is 5. The monoisotopic (exact) mass is 295 g/mol. The Hall–Kier alpha value is -0.870. The molecule has 20 heavy (non-hydrogen) atoms. The van der Waals surface area contributed by atoms with Crippen LogP contribution in [0, 0.1) is 5.92 Å². The zero-order valence-electron chi connectivity index (χ0n) is 12.4. The molecule has 112 valence electrons. The van der Waals surface area contributed by atoms with Crippen molar-refractivity contribution in [2.24, 2.45) is 11.7 Å². The van der Waals surface area contributed by atoms with E-state index in [1.165, 1.54) is 12.8 Å². The highest BCUT2D eigenvalue weighted by Gasteiger charge is 2.26. The van der Waals surface area contributed by atoms with Crippen molar-refractivity contribution in [3.63, 3.8) is 0 Å². The van der Waals surface area contributed by atoms with Gasteiger partial charge in [0.25, 0.3) is 0 Å². The molecule has 3 nitrogen and oxygen atoms in total. The van der Waals surface area contributed by atoms with Crippen LogP contribution in [0.2, 0.25) is 0 Å². The van der Waals surface area contributed by atoms with Crippen LogP contribution in [0.15, 0.2) is 24.3 Å². The molecule has 2 N–H and O–H groups in total. The summed E-state index contributed by atoms with van der Waals surface area (Å²) in [6.07, 6.45) is 4.62. The smallest absolute Gasteiger partial charge is 0.123 e. The lowest BCUT2D eigenvalue weighted by atomic mass is 9.91. The molecule has 1 saturated carbocycles. The molecule has 4 unspecified atom stereocenters. The van der Waals surface area contributed by atoms with Crippen LogP contribution < -0.4 is 10.5 Å². The minimum Gasteiger partial charge on any atom is -0.496 e. The molecule has 1 aromatic rings. The lowest BCUT2D eigenvalue weighted by molar-refractivity contribution is 0.388. The summed E-state index contributed by atoms with van der Waals surface area (Å²) in [5, 5.41) is 0.319. The Morgan fingerprint density at radius 1 is 1.40 bits per heavy atom. The molecule has 1 aliphatic rings. The van der Waals surface area contributed by atoms with E-state index < -0.39 is 10.8 Å². The van der Waals surface area contributed by atoms with Gasteiger partial charge >= 0.3 is 0 Å². The Balaban J connectivity index is 2.00. The van der Waals surface area contributed by atoms with Gasteiger partial charge < -0.3 is 10.5 Å². The molecule has 1 aromatic carbocycles. The molecule has 2 rings (SSSR count). The fourth-order valence-corrected chi connectivity index (χ4v) is 4.77. The minimum atomic E-state index is -0.849. The molecule has 0 saturated heterocycles. The summed E-state index contributed by atoms with van der Waals surface area (Å²) in [5.41, 5.74) is 7.19. The van der Waals surface area contributed by atoms with E-state index in [9.17, 15) is 4.21 Å². The van der Waals surface area contributed by atoms with Gasteiger partial charge in [-0.15, -0.1) is 0 Å². The number of benzene rings is 1. The molecular weight excluding hydrogens is 270 g/mol. The number of methoxy groups -OCH3 is 1. The van der Waals surface area contributed by atoms with Crippen LogP contribution >= 0.6 is 0 Å². The molecule has 0 bridgehead atoms. The standard InChI is InChI=1S/C16H25NO2S/c1-12-6-5-7-13(10-12)20(18)11-15(17)14-8-3-4-9-16(14)19-2/h3-4,8-9,12-13,15H,5-7,10-11,17H2,1-2H3. The fraction of sp³-hybridized carbons (Fsp3) is 0.625. The third-order valence-corrected chi connectivity index (χ3v) is 6.00. The summed E-state index contributed by atoms with van der Waals surface area (Å²) in [5.74, 6) is 2.01. The Morgan fingerprint density at radius 2 is 2.15 bits per heavy atom. The van der Waals surface area contributed by atoms with E-state index in [0.717, 1.165) is 24.2 Å². The minimum absolute atomic E-state index is 0.218. The second-order valence-electron chi connectivity index (χ2n) is 5.79. The quantitative estimate of drug-likeness (QED) is 0.908. The highest BCUT2D eigenvalue weighted by Crippen LogP contribution is 2.29. The summed E-state index contributed by atoms with van der Waals surface area (Å²) in [6.45, 7) is 2.25. The van der Waals surface area contributed by atoms with Gasteiger partial charge in [0.1, 0.15) is 5.75 Å². The van der Waals surface area contributed by atoms with E-state index in [-0.39, 0.29) is 6.04 Å². The van der Waals surface area contributed by atoms with E-state index in [4.69, 9.17) is 10.5 Å². The van der Waals surface area contributed by atoms with Gasteiger partial charge in [-0.05, 0) is 24.8 Å². The normalized spacial score (nSPS) is 25.9. The van der Waals surface area contributed by atoms with E-state index in [2.05, 4.69) is 6.92 Å². The van der Waals surface area contributed by atoms with Crippen molar-refractivity contribution in [2.45, 2.75) is 43.9 Å². The van der Waals surface area contributed by atoms with Crippen molar-refractivity contribution in [2.75, 3.05) is 12.9 Å². The maximum Gasteiger partial charge on any atom is 0.123 e. The fourth-order valence-electron chi connectivity index (χ4n) is 2.99. The lowest BCUT2D eigenvalue weighted by Gasteiger charge is -2.27. The number of nitrogens with two attached hydrogens (primary N) is 1. The zero-order chi connectivity index (χ0) is 14.5. The second-order valence-corrected chi connectivity index (χ2v) is 7.55. The van der Waals surface area contributed by atoms with E-state index in [0.29, 0.717) is 16.9 Å². The molecule has 4 heteroatoms. The first-order chi connectivity index (χ1) is 9.61. The Bertz CT molecular complexity index is 464. The van der Waals surface area contributed by atoms with Gasteiger partial charge in [-0.1, -0.05) is 38.0 Å². The predicted molar refractivity (Wildman–Crippen MR) is 84.4 cm³/mol. The van der Waals surface area contributed by atoms with Crippen molar-refractivity contribution >= 4 is 10.8 Å². The van der Waals surface area contributed by atoms with Crippen molar-refractivity contribution in [1.29, 1.82) is 0 Å². The number of hydrogen-bond donors (Lipinski definition) is 1. The first kappa shape index (κ1) is 15.5. The first-order valence-electron chi connectivity index (χ1n) is 7.37. The van der Waals surface area contributed by atoms with Crippen LogP contribution in [-0.4, -0.2) is 22.3 Å². The average Bonchev–Trinajstić information content (AvgIpc) is 2.47. The molecule has 0 radical (unpaired) electrons. The first-order valence-corrected chi connectivity index (χ1v) is 8.75. The lowest BCUT2D eigenvalue weighted by Crippen LogP contribution is -2.29. The molecule has 4 atom stereocenters. The number of para-hydroxylation sites is 1.